The molecule has 3 rings (SSSR count). The number of aromatic nitrogens is 3. The minimum absolute atomic E-state index is 0.00312. The Kier molecular flexibility index (Phi) is 6.64. The van der Waals surface area contributed by atoms with Gasteiger partial charge in [-0.15, -0.1) is 10.2 Å². The van der Waals surface area contributed by atoms with Gasteiger partial charge in [-0.1, -0.05) is 42.1 Å². The molecule has 3 aromatic rings. The number of carbonyl (C=O) groups is 1. The topological polar surface area (TPSA) is 107 Å². The van der Waals surface area contributed by atoms with E-state index in [0.717, 1.165) is 11.3 Å². The van der Waals surface area contributed by atoms with E-state index < -0.39 is 0 Å². The van der Waals surface area contributed by atoms with Crippen molar-refractivity contribution in [1.29, 1.82) is 0 Å². The maximum atomic E-state index is 12.2. The van der Waals surface area contributed by atoms with Crippen molar-refractivity contribution in [2.24, 2.45) is 5.10 Å². The van der Waals surface area contributed by atoms with E-state index in [4.69, 9.17) is 10.6 Å². The first-order valence-corrected chi connectivity index (χ1v) is 9.59. The van der Waals surface area contributed by atoms with Gasteiger partial charge in [0.1, 0.15) is 5.75 Å². The van der Waals surface area contributed by atoms with Crippen LogP contribution in [0.4, 0.5) is 5.95 Å². The number of ether oxygens (including phenoxy) is 1. The third-order valence-corrected chi connectivity index (χ3v) is 4.61. The Balaban J connectivity index is 1.54. The highest BCUT2D eigenvalue weighted by molar-refractivity contribution is 7.99. The molecule has 0 aliphatic carbocycles. The number of ketones is 1. The molecule has 0 bridgehead atoms. The van der Waals surface area contributed by atoms with Crippen molar-refractivity contribution in [2.45, 2.75) is 12.1 Å². The number of nitrogens with zero attached hydrogens (tertiary/aromatic N) is 4. The Morgan fingerprint density at radius 2 is 1.96 bits per heavy atom. The summed E-state index contributed by atoms with van der Waals surface area (Å²) in [5.74, 6) is 7.26. The zero-order chi connectivity index (χ0) is 19.8. The van der Waals surface area contributed by atoms with Crippen LogP contribution < -0.4 is 16.0 Å². The van der Waals surface area contributed by atoms with Gasteiger partial charge in [-0.2, -0.15) is 5.10 Å². The van der Waals surface area contributed by atoms with Crippen LogP contribution >= 0.6 is 11.8 Å². The average Bonchev–Trinajstić information content (AvgIpc) is 3.08. The summed E-state index contributed by atoms with van der Waals surface area (Å²) in [6.07, 6.45) is 1.64. The molecule has 2 aromatic carbocycles. The second kappa shape index (κ2) is 9.56. The van der Waals surface area contributed by atoms with E-state index in [2.05, 4.69) is 20.7 Å². The number of thioether (sulfide) groups is 1. The van der Waals surface area contributed by atoms with Crippen molar-refractivity contribution in [3.63, 3.8) is 0 Å². The maximum Gasteiger partial charge on any atom is 0.264 e. The molecule has 0 fully saturated rings. The fourth-order valence-electron chi connectivity index (χ4n) is 2.27. The van der Waals surface area contributed by atoms with Gasteiger partial charge in [-0.3, -0.25) is 4.79 Å². The zero-order valence-corrected chi connectivity index (χ0v) is 16.1. The second-order valence-electron chi connectivity index (χ2n) is 5.63. The maximum absolute atomic E-state index is 12.2. The summed E-state index contributed by atoms with van der Waals surface area (Å²) >= 11 is 1.22. The van der Waals surface area contributed by atoms with E-state index in [9.17, 15) is 4.79 Å². The first kappa shape index (κ1) is 19.4. The van der Waals surface area contributed by atoms with Gasteiger partial charge in [0.05, 0.1) is 18.6 Å². The van der Waals surface area contributed by atoms with E-state index >= 15 is 0 Å². The van der Waals surface area contributed by atoms with Gasteiger partial charge in [0.15, 0.2) is 5.78 Å². The molecule has 1 aromatic heterocycles. The lowest BCUT2D eigenvalue weighted by Gasteiger charge is -2.03. The van der Waals surface area contributed by atoms with Crippen LogP contribution in [0.25, 0.3) is 0 Å². The summed E-state index contributed by atoms with van der Waals surface area (Å²) in [6.45, 7) is 2.56. The highest BCUT2D eigenvalue weighted by Gasteiger charge is 2.12. The van der Waals surface area contributed by atoms with Crippen molar-refractivity contribution in [3.8, 4) is 5.75 Å². The van der Waals surface area contributed by atoms with Gasteiger partial charge in [0.25, 0.3) is 5.95 Å². The van der Waals surface area contributed by atoms with Crippen LogP contribution in [0.1, 0.15) is 22.8 Å². The van der Waals surface area contributed by atoms with E-state index in [1.807, 2.05) is 49.4 Å². The molecule has 0 amide bonds. The molecule has 0 aliphatic heterocycles. The molecule has 0 aliphatic rings. The summed E-state index contributed by atoms with van der Waals surface area (Å²) in [5, 5.41) is 12.5. The van der Waals surface area contributed by atoms with Crippen LogP contribution in [0.5, 0.6) is 5.75 Å². The van der Waals surface area contributed by atoms with Gasteiger partial charge in [0.2, 0.25) is 5.16 Å². The Morgan fingerprint density at radius 3 is 2.68 bits per heavy atom. The van der Waals surface area contributed by atoms with E-state index in [0.29, 0.717) is 17.3 Å². The van der Waals surface area contributed by atoms with Gasteiger partial charge in [-0.25, -0.2) is 10.1 Å². The number of carbonyl (C=O) groups excluding carboxylic acids is 1. The molecule has 0 atom stereocenters. The highest BCUT2D eigenvalue weighted by Crippen LogP contribution is 2.18. The normalized spacial score (nSPS) is 10.9. The smallest absolute Gasteiger partial charge is 0.264 e. The van der Waals surface area contributed by atoms with Crippen LogP contribution in [-0.2, 0) is 0 Å². The fourth-order valence-corrected chi connectivity index (χ4v) is 3.02. The van der Waals surface area contributed by atoms with Crippen molar-refractivity contribution >= 4 is 29.7 Å². The number of rotatable bonds is 9. The first-order valence-electron chi connectivity index (χ1n) is 8.61. The Labute approximate surface area is 166 Å². The SMILES string of the molecule is CCOc1ccc(/C=N/Nc2nnc(SCC(=O)c3ccccc3)n2N)cc1. The summed E-state index contributed by atoms with van der Waals surface area (Å²) in [4.78, 5) is 12.2. The van der Waals surface area contributed by atoms with Crippen molar-refractivity contribution in [2.75, 3.05) is 23.6 Å². The van der Waals surface area contributed by atoms with E-state index in [1.165, 1.54) is 16.4 Å². The molecule has 1 heterocycles. The third kappa shape index (κ3) is 5.10. The van der Waals surface area contributed by atoms with Crippen molar-refractivity contribution < 1.29 is 9.53 Å². The number of Topliss-reactive ketones (excluding diaryl/α,β-unsaturated/α-hetero) is 1. The van der Waals surface area contributed by atoms with Gasteiger partial charge < -0.3 is 10.6 Å². The highest BCUT2D eigenvalue weighted by atomic mass is 32.2. The Bertz CT molecular complexity index is 941. The zero-order valence-electron chi connectivity index (χ0n) is 15.3. The monoisotopic (exact) mass is 396 g/mol. The molecule has 0 spiro atoms. The van der Waals surface area contributed by atoms with E-state index in [1.54, 1.807) is 18.3 Å². The summed E-state index contributed by atoms with van der Waals surface area (Å²) < 4.78 is 6.66. The van der Waals surface area contributed by atoms with Crippen LogP contribution in [0.15, 0.2) is 64.9 Å². The summed E-state index contributed by atoms with van der Waals surface area (Å²) in [7, 11) is 0. The Morgan fingerprint density at radius 1 is 1.21 bits per heavy atom. The number of hydrogen-bond donors (Lipinski definition) is 2. The van der Waals surface area contributed by atoms with Crippen LogP contribution in [0, 0.1) is 0 Å². The molecule has 9 heteroatoms. The van der Waals surface area contributed by atoms with Crippen molar-refractivity contribution in [3.05, 3.63) is 65.7 Å². The lowest BCUT2D eigenvalue weighted by Crippen LogP contribution is -2.14. The molecular formula is C19H20N6O2S. The number of nitrogens with two attached hydrogens (primary N) is 1. The number of benzene rings is 2. The van der Waals surface area contributed by atoms with Crippen LogP contribution in [0.3, 0.4) is 0 Å². The first-order chi connectivity index (χ1) is 13.7. The molecule has 8 nitrogen and oxygen atoms in total. The van der Waals surface area contributed by atoms with Crippen molar-refractivity contribution in [1.82, 2.24) is 14.9 Å². The van der Waals surface area contributed by atoms with Gasteiger partial charge >= 0.3 is 0 Å². The lowest BCUT2D eigenvalue weighted by atomic mass is 10.2. The predicted molar refractivity (Wildman–Crippen MR) is 110 cm³/mol. The number of nitrogens with one attached hydrogen (secondary N) is 1. The van der Waals surface area contributed by atoms with E-state index in [-0.39, 0.29) is 17.5 Å². The Hall–Kier alpha value is -3.33. The molecule has 0 saturated heterocycles. The number of hydrogen-bond acceptors (Lipinski definition) is 8. The predicted octanol–water partition coefficient (Wildman–Crippen LogP) is 2.81. The van der Waals surface area contributed by atoms with Gasteiger partial charge in [-0.05, 0) is 36.8 Å². The molecule has 3 N–H and O–H groups in total. The number of nitrogen functional groups attached to an aromatic ring is 1. The molecular weight excluding hydrogens is 376 g/mol. The minimum atomic E-state index is -0.00312. The van der Waals surface area contributed by atoms with Crippen LogP contribution in [0.2, 0.25) is 0 Å². The molecule has 0 unspecified atom stereocenters. The van der Waals surface area contributed by atoms with Gasteiger partial charge in [0, 0.05) is 5.56 Å². The minimum Gasteiger partial charge on any atom is -0.494 e. The third-order valence-electron chi connectivity index (χ3n) is 3.66. The largest absolute Gasteiger partial charge is 0.494 e. The lowest BCUT2D eigenvalue weighted by molar-refractivity contribution is 0.102. The summed E-state index contributed by atoms with van der Waals surface area (Å²) in [6, 6.07) is 16.6. The summed E-state index contributed by atoms with van der Waals surface area (Å²) in [5.41, 5.74) is 4.29. The molecule has 0 saturated carbocycles. The molecule has 28 heavy (non-hydrogen) atoms. The standard InChI is InChI=1S/C19H20N6O2S/c1-2-27-16-10-8-14(9-11-16)12-21-22-18-23-24-19(25(18)20)28-13-17(26)15-6-4-3-5-7-15/h3-12H,2,13,20H2,1H3,(H,22,23)/b21-12+. The number of hydrazone groups is 1. The average molecular weight is 396 g/mol. The quantitative estimate of drug-likeness (QED) is 0.188. The van der Waals surface area contributed by atoms with Crippen LogP contribution in [-0.4, -0.2) is 39.2 Å². The fraction of sp³-hybridized carbons (Fsp3) is 0.158. The molecule has 144 valence electrons. The second-order valence-corrected chi connectivity index (χ2v) is 6.57. The number of anilines is 1. The molecule has 0 radical (unpaired) electrons.